The molecule has 0 spiro atoms. The average Bonchev–Trinajstić information content (AvgIpc) is 2.66. The molecule has 29 heavy (non-hydrogen) atoms. The molecule has 0 heterocycles. The second kappa shape index (κ2) is 10.2. The van der Waals surface area contributed by atoms with E-state index >= 15 is 0 Å². The Morgan fingerprint density at radius 3 is 2.48 bits per heavy atom. The third-order valence-corrected chi connectivity index (χ3v) is 6.27. The fourth-order valence-corrected chi connectivity index (χ4v) is 4.17. The normalized spacial score (nSPS) is 12.3. The standard InChI is InChI=1S/C20H24Cl2N2O4S/c1-14(16-7-4-5-8-19(16)28-2)23-20(25)9-6-12-24(29(3,26)27)15-10-11-17(21)18(22)13-15/h4-5,7-8,10-11,13-14H,6,9,12H2,1-3H3,(H,23,25). The molecule has 9 heteroatoms. The van der Waals surface area contributed by atoms with E-state index in [1.165, 1.54) is 10.4 Å². The van der Waals surface area contributed by atoms with Crippen molar-refractivity contribution in [3.8, 4) is 5.75 Å². The summed E-state index contributed by atoms with van der Waals surface area (Å²) in [6.07, 6.45) is 1.63. The SMILES string of the molecule is COc1ccccc1C(C)NC(=O)CCCN(c1ccc(Cl)c(Cl)c1)S(C)(=O)=O. The highest BCUT2D eigenvalue weighted by atomic mass is 35.5. The van der Waals surface area contributed by atoms with Gasteiger partial charge in [-0.05, 0) is 37.6 Å². The second-order valence-electron chi connectivity index (χ2n) is 6.57. The van der Waals surface area contributed by atoms with Crippen LogP contribution < -0.4 is 14.4 Å². The summed E-state index contributed by atoms with van der Waals surface area (Å²) in [5.74, 6) is 0.522. The number of anilines is 1. The van der Waals surface area contributed by atoms with Gasteiger partial charge in [-0.2, -0.15) is 0 Å². The first-order chi connectivity index (χ1) is 13.6. The molecule has 2 rings (SSSR count). The summed E-state index contributed by atoms with van der Waals surface area (Å²) in [4.78, 5) is 12.3. The molecule has 2 aromatic rings. The number of ether oxygens (including phenoxy) is 1. The van der Waals surface area contributed by atoms with Crippen LogP contribution in [0.15, 0.2) is 42.5 Å². The number of halogens is 2. The van der Waals surface area contributed by atoms with Gasteiger partial charge in [0.15, 0.2) is 0 Å². The zero-order valence-electron chi connectivity index (χ0n) is 16.5. The van der Waals surface area contributed by atoms with Crippen LogP contribution in [0.25, 0.3) is 0 Å². The lowest BCUT2D eigenvalue weighted by Gasteiger charge is -2.23. The van der Waals surface area contributed by atoms with E-state index in [1.54, 1.807) is 19.2 Å². The molecule has 0 bridgehead atoms. The average molecular weight is 459 g/mol. The first-order valence-corrected chi connectivity index (χ1v) is 11.6. The van der Waals surface area contributed by atoms with Crippen molar-refractivity contribution in [1.29, 1.82) is 0 Å². The second-order valence-corrected chi connectivity index (χ2v) is 9.29. The van der Waals surface area contributed by atoms with Crippen LogP contribution in [0.4, 0.5) is 5.69 Å². The minimum atomic E-state index is -3.54. The fraction of sp³-hybridized carbons (Fsp3) is 0.350. The molecule has 1 atom stereocenters. The number of carbonyl (C=O) groups excluding carboxylic acids is 1. The predicted octanol–water partition coefficient (Wildman–Crippen LogP) is 4.43. The Labute approximate surface area is 181 Å². The Morgan fingerprint density at radius 1 is 1.17 bits per heavy atom. The number of methoxy groups -OCH3 is 1. The number of para-hydroxylation sites is 1. The van der Waals surface area contributed by atoms with E-state index in [0.717, 1.165) is 11.8 Å². The summed E-state index contributed by atoms with van der Waals surface area (Å²) >= 11 is 11.9. The first-order valence-electron chi connectivity index (χ1n) is 8.98. The zero-order chi connectivity index (χ0) is 21.6. The summed E-state index contributed by atoms with van der Waals surface area (Å²) < 4.78 is 30.9. The molecule has 1 amide bonds. The lowest BCUT2D eigenvalue weighted by Crippen LogP contribution is -2.32. The Balaban J connectivity index is 1.98. The van der Waals surface area contributed by atoms with E-state index in [-0.39, 0.29) is 29.9 Å². The van der Waals surface area contributed by atoms with Crippen LogP contribution in [-0.2, 0) is 14.8 Å². The molecule has 0 aliphatic rings. The van der Waals surface area contributed by atoms with Gasteiger partial charge in [0.05, 0.1) is 35.1 Å². The number of sulfonamides is 1. The molecular formula is C20H24Cl2N2O4S. The predicted molar refractivity (Wildman–Crippen MR) is 117 cm³/mol. The van der Waals surface area contributed by atoms with Gasteiger partial charge >= 0.3 is 0 Å². The van der Waals surface area contributed by atoms with E-state index < -0.39 is 10.0 Å². The van der Waals surface area contributed by atoms with Crippen LogP contribution in [0.2, 0.25) is 10.0 Å². The smallest absolute Gasteiger partial charge is 0.232 e. The molecule has 0 saturated heterocycles. The summed E-state index contributed by atoms with van der Waals surface area (Å²) in [5, 5.41) is 3.52. The maximum Gasteiger partial charge on any atom is 0.232 e. The van der Waals surface area contributed by atoms with E-state index in [2.05, 4.69) is 5.32 Å². The Hall–Kier alpha value is -1.96. The minimum Gasteiger partial charge on any atom is -0.496 e. The first kappa shape index (κ1) is 23.3. The largest absolute Gasteiger partial charge is 0.496 e. The van der Waals surface area contributed by atoms with Gasteiger partial charge in [-0.3, -0.25) is 9.10 Å². The molecule has 1 N–H and O–H groups in total. The maximum atomic E-state index is 12.3. The molecule has 0 aromatic heterocycles. The van der Waals surface area contributed by atoms with Crippen molar-refractivity contribution in [2.75, 3.05) is 24.2 Å². The molecule has 0 fully saturated rings. The molecule has 0 radical (unpaired) electrons. The quantitative estimate of drug-likeness (QED) is 0.602. The Kier molecular flexibility index (Phi) is 8.19. The molecular weight excluding hydrogens is 435 g/mol. The van der Waals surface area contributed by atoms with Crippen molar-refractivity contribution in [2.24, 2.45) is 0 Å². The zero-order valence-corrected chi connectivity index (χ0v) is 18.8. The molecule has 2 aromatic carbocycles. The van der Waals surface area contributed by atoms with Crippen LogP contribution in [-0.4, -0.2) is 34.2 Å². The third-order valence-electron chi connectivity index (χ3n) is 4.34. The summed E-state index contributed by atoms with van der Waals surface area (Å²) in [5.41, 5.74) is 1.28. The number of nitrogens with one attached hydrogen (secondary N) is 1. The highest BCUT2D eigenvalue weighted by Crippen LogP contribution is 2.29. The topological polar surface area (TPSA) is 75.7 Å². The van der Waals surface area contributed by atoms with E-state index in [1.807, 2.05) is 31.2 Å². The maximum absolute atomic E-state index is 12.3. The van der Waals surface area contributed by atoms with Gasteiger partial charge in [0.25, 0.3) is 0 Å². The van der Waals surface area contributed by atoms with Crippen LogP contribution >= 0.6 is 23.2 Å². The molecule has 158 valence electrons. The Morgan fingerprint density at radius 2 is 1.86 bits per heavy atom. The van der Waals surface area contributed by atoms with Crippen LogP contribution in [0.3, 0.4) is 0 Å². The van der Waals surface area contributed by atoms with Crippen molar-refractivity contribution < 1.29 is 17.9 Å². The van der Waals surface area contributed by atoms with Crippen molar-refractivity contribution >= 4 is 44.8 Å². The van der Waals surface area contributed by atoms with Crippen molar-refractivity contribution in [3.05, 3.63) is 58.1 Å². The number of hydrogen-bond donors (Lipinski definition) is 1. The highest BCUT2D eigenvalue weighted by molar-refractivity contribution is 7.92. The van der Waals surface area contributed by atoms with Crippen LogP contribution in [0.5, 0.6) is 5.75 Å². The number of hydrogen-bond acceptors (Lipinski definition) is 4. The van der Waals surface area contributed by atoms with Gasteiger partial charge < -0.3 is 10.1 Å². The van der Waals surface area contributed by atoms with Gasteiger partial charge in [0.2, 0.25) is 15.9 Å². The van der Waals surface area contributed by atoms with Gasteiger partial charge in [0, 0.05) is 18.5 Å². The van der Waals surface area contributed by atoms with Crippen LogP contribution in [0, 0.1) is 0 Å². The van der Waals surface area contributed by atoms with E-state index in [0.29, 0.717) is 22.9 Å². The van der Waals surface area contributed by atoms with E-state index in [9.17, 15) is 13.2 Å². The molecule has 0 aliphatic carbocycles. The number of amides is 1. The lowest BCUT2D eigenvalue weighted by molar-refractivity contribution is -0.121. The number of nitrogens with zero attached hydrogens (tertiary/aromatic N) is 1. The minimum absolute atomic E-state index is 0.146. The van der Waals surface area contributed by atoms with Gasteiger partial charge in [0.1, 0.15) is 5.75 Å². The molecule has 0 aliphatic heterocycles. The summed E-state index contributed by atoms with van der Waals surface area (Å²) in [6, 6.07) is 11.8. The summed E-state index contributed by atoms with van der Waals surface area (Å²) in [6.45, 7) is 2.02. The number of benzene rings is 2. The van der Waals surface area contributed by atoms with Gasteiger partial charge in [-0.25, -0.2) is 8.42 Å². The number of carbonyl (C=O) groups is 1. The monoisotopic (exact) mass is 458 g/mol. The van der Waals surface area contributed by atoms with E-state index in [4.69, 9.17) is 27.9 Å². The number of rotatable bonds is 9. The van der Waals surface area contributed by atoms with Crippen molar-refractivity contribution in [3.63, 3.8) is 0 Å². The molecule has 6 nitrogen and oxygen atoms in total. The summed E-state index contributed by atoms with van der Waals surface area (Å²) in [7, 11) is -1.96. The highest BCUT2D eigenvalue weighted by Gasteiger charge is 2.19. The lowest BCUT2D eigenvalue weighted by atomic mass is 10.1. The van der Waals surface area contributed by atoms with Crippen LogP contribution in [0.1, 0.15) is 31.4 Å². The molecule has 1 unspecified atom stereocenters. The van der Waals surface area contributed by atoms with Crippen molar-refractivity contribution in [1.82, 2.24) is 5.32 Å². The van der Waals surface area contributed by atoms with Crippen molar-refractivity contribution in [2.45, 2.75) is 25.8 Å². The van der Waals surface area contributed by atoms with Gasteiger partial charge in [-0.1, -0.05) is 41.4 Å². The Bertz CT molecular complexity index is 967. The van der Waals surface area contributed by atoms with Gasteiger partial charge in [-0.15, -0.1) is 0 Å². The molecule has 0 saturated carbocycles. The fourth-order valence-electron chi connectivity index (χ4n) is 2.93. The third kappa shape index (κ3) is 6.52.